The van der Waals surface area contributed by atoms with Crippen molar-refractivity contribution < 1.29 is 31.4 Å². The monoisotopic (exact) mass is 510 g/mol. The van der Waals surface area contributed by atoms with E-state index in [0.717, 1.165) is 24.7 Å². The molecule has 4 aromatic heterocycles. The van der Waals surface area contributed by atoms with E-state index in [9.17, 15) is 36.4 Å². The molecule has 2 N–H and O–H groups in total. The highest BCUT2D eigenvalue weighted by atomic mass is 19.4. The van der Waals surface area contributed by atoms with Gasteiger partial charge in [-0.2, -0.15) is 31.2 Å². The van der Waals surface area contributed by atoms with Gasteiger partial charge in [0.15, 0.2) is 11.3 Å². The van der Waals surface area contributed by atoms with E-state index < -0.39 is 42.5 Å². The first-order valence-corrected chi connectivity index (χ1v) is 9.79. The Morgan fingerprint density at radius 1 is 0.889 bits per heavy atom. The molecule has 0 aliphatic heterocycles. The summed E-state index contributed by atoms with van der Waals surface area (Å²) in [6, 6.07) is 2.04. The molecule has 10 nitrogen and oxygen atoms in total. The lowest BCUT2D eigenvalue weighted by Gasteiger charge is -2.14. The first-order chi connectivity index (χ1) is 17.0. The maximum absolute atomic E-state index is 13.7. The number of nitroso groups, excluding NO2 is 1. The van der Waals surface area contributed by atoms with E-state index >= 15 is 0 Å². The number of anilines is 2. The van der Waals surface area contributed by atoms with Crippen molar-refractivity contribution in [3.05, 3.63) is 64.3 Å². The molecule has 0 spiro atoms. The largest absolute Gasteiger partial charge is 0.434 e. The number of alkyl halides is 6. The van der Waals surface area contributed by atoms with Crippen molar-refractivity contribution >= 4 is 22.7 Å². The van der Waals surface area contributed by atoms with Gasteiger partial charge in [0.05, 0.1) is 42.1 Å². The van der Waals surface area contributed by atoms with Crippen LogP contribution in [0.2, 0.25) is 0 Å². The molecule has 36 heavy (non-hydrogen) atoms. The van der Waals surface area contributed by atoms with Crippen molar-refractivity contribution in [2.24, 2.45) is 5.18 Å². The van der Waals surface area contributed by atoms with Crippen molar-refractivity contribution in [1.82, 2.24) is 29.9 Å². The van der Waals surface area contributed by atoms with Gasteiger partial charge in [-0.3, -0.25) is 4.98 Å². The number of aromatic nitrogens is 6. The van der Waals surface area contributed by atoms with Crippen LogP contribution in [0.4, 0.5) is 37.8 Å². The fraction of sp³-hybridized carbons (Fsp3) is 0.200. The third-order valence-corrected chi connectivity index (χ3v) is 4.68. The van der Waals surface area contributed by atoms with Crippen molar-refractivity contribution in [2.45, 2.75) is 25.5 Å². The van der Waals surface area contributed by atoms with Gasteiger partial charge >= 0.3 is 12.4 Å². The molecule has 186 valence electrons. The molecule has 4 heterocycles. The van der Waals surface area contributed by atoms with Crippen LogP contribution in [0.1, 0.15) is 22.5 Å². The summed E-state index contributed by atoms with van der Waals surface area (Å²) >= 11 is 0. The molecule has 0 fully saturated rings. The maximum atomic E-state index is 13.7. The number of nitrogens with zero attached hydrogens (tertiary/aromatic N) is 7. The van der Waals surface area contributed by atoms with Crippen molar-refractivity contribution in [1.29, 1.82) is 0 Å². The van der Waals surface area contributed by atoms with Crippen LogP contribution in [0.25, 0.3) is 22.6 Å². The molecule has 0 aromatic carbocycles. The standard InChI is InChI=1S/C20H12F6N8O2/c21-19(22,23)11-1-9(4-31-36)3-29-16(11)13-5-30-17-12(2-10(8-35)32-18(17)34-13)33-15-7-27-14(6-28-15)20(24,25)26/h1-3,5-7,35H,4,8H2,(H,28,32,33,34). The van der Waals surface area contributed by atoms with Gasteiger partial charge in [-0.05, 0) is 17.7 Å². The first-order valence-electron chi connectivity index (χ1n) is 9.79. The minimum absolute atomic E-state index is 0.0213. The number of fused-ring (bicyclic) bond motifs is 1. The maximum Gasteiger partial charge on any atom is 0.434 e. The van der Waals surface area contributed by atoms with Gasteiger partial charge in [-0.1, -0.05) is 5.18 Å². The Morgan fingerprint density at radius 3 is 2.28 bits per heavy atom. The predicted octanol–water partition coefficient (Wildman–Crippen LogP) is 4.42. The number of halogens is 6. The SMILES string of the molecule is O=NCc1cnc(-c2cnc3c(Nc4cnc(C(F)(F)F)cn4)cc(CO)nc3n2)c(C(F)(F)F)c1. The lowest BCUT2D eigenvalue weighted by atomic mass is 10.1. The second kappa shape index (κ2) is 9.37. The molecule has 16 heteroatoms. The normalized spacial score (nSPS) is 12.1. The fourth-order valence-electron chi connectivity index (χ4n) is 3.11. The van der Waals surface area contributed by atoms with E-state index in [2.05, 4.69) is 40.4 Å². The molecule has 0 amide bonds. The van der Waals surface area contributed by atoms with E-state index in [1.54, 1.807) is 0 Å². The molecule has 0 unspecified atom stereocenters. The lowest BCUT2D eigenvalue weighted by Crippen LogP contribution is -2.11. The number of pyridine rings is 2. The highest BCUT2D eigenvalue weighted by Gasteiger charge is 2.36. The number of rotatable bonds is 6. The van der Waals surface area contributed by atoms with Gasteiger partial charge in [-0.25, -0.2) is 24.9 Å². The predicted molar refractivity (Wildman–Crippen MR) is 111 cm³/mol. The molecular formula is C20H12F6N8O2. The van der Waals surface area contributed by atoms with Gasteiger partial charge < -0.3 is 10.4 Å². The second-order valence-electron chi connectivity index (χ2n) is 7.18. The van der Waals surface area contributed by atoms with Crippen LogP contribution in [-0.4, -0.2) is 35.0 Å². The van der Waals surface area contributed by atoms with Crippen LogP contribution < -0.4 is 5.32 Å². The molecule has 4 aromatic rings. The van der Waals surface area contributed by atoms with E-state index in [1.807, 2.05) is 0 Å². The minimum Gasteiger partial charge on any atom is -0.390 e. The zero-order valence-corrected chi connectivity index (χ0v) is 17.6. The molecule has 0 atom stereocenters. The van der Waals surface area contributed by atoms with Crippen LogP contribution in [-0.2, 0) is 25.5 Å². The van der Waals surface area contributed by atoms with Gasteiger partial charge in [0.25, 0.3) is 0 Å². The van der Waals surface area contributed by atoms with E-state index in [-0.39, 0.29) is 39.6 Å². The average Bonchev–Trinajstić information content (AvgIpc) is 2.83. The number of nitrogens with one attached hydrogen (secondary N) is 1. The van der Waals surface area contributed by atoms with E-state index in [0.29, 0.717) is 6.20 Å². The summed E-state index contributed by atoms with van der Waals surface area (Å²) in [5.41, 5.74) is -3.34. The van der Waals surface area contributed by atoms with Gasteiger partial charge in [0.1, 0.15) is 29.3 Å². The summed E-state index contributed by atoms with van der Waals surface area (Å²) < 4.78 is 79.1. The van der Waals surface area contributed by atoms with Crippen LogP contribution >= 0.6 is 0 Å². The van der Waals surface area contributed by atoms with Gasteiger partial charge in [0, 0.05) is 6.20 Å². The molecule has 0 aliphatic carbocycles. The van der Waals surface area contributed by atoms with E-state index in [1.165, 1.54) is 6.07 Å². The Labute approximate surface area is 196 Å². The summed E-state index contributed by atoms with van der Waals surface area (Å²) in [6.07, 6.45) is -6.15. The fourth-order valence-corrected chi connectivity index (χ4v) is 3.11. The van der Waals surface area contributed by atoms with Crippen molar-refractivity contribution in [2.75, 3.05) is 5.32 Å². The summed E-state index contributed by atoms with van der Waals surface area (Å²) in [6.45, 7) is -1.10. The Kier molecular flexibility index (Phi) is 6.45. The van der Waals surface area contributed by atoms with Crippen LogP contribution in [0, 0.1) is 4.91 Å². The second-order valence-corrected chi connectivity index (χ2v) is 7.18. The van der Waals surface area contributed by atoms with Crippen LogP contribution in [0.15, 0.2) is 42.1 Å². The Balaban J connectivity index is 1.78. The third-order valence-electron chi connectivity index (χ3n) is 4.68. The quantitative estimate of drug-likeness (QED) is 0.285. The molecule has 4 rings (SSSR count). The summed E-state index contributed by atoms with van der Waals surface area (Å²) in [4.78, 5) is 33.4. The Morgan fingerprint density at radius 2 is 1.67 bits per heavy atom. The molecule has 0 radical (unpaired) electrons. The lowest BCUT2D eigenvalue weighted by molar-refractivity contribution is -0.141. The number of aliphatic hydroxyl groups excluding tert-OH is 1. The van der Waals surface area contributed by atoms with Crippen molar-refractivity contribution in [3.8, 4) is 11.4 Å². The van der Waals surface area contributed by atoms with E-state index in [4.69, 9.17) is 0 Å². The van der Waals surface area contributed by atoms with Crippen LogP contribution in [0.3, 0.4) is 0 Å². The first kappa shape index (κ1) is 24.8. The zero-order chi connectivity index (χ0) is 26.1. The Hall–Kier alpha value is -4.34. The van der Waals surface area contributed by atoms with Gasteiger partial charge in [0.2, 0.25) is 0 Å². The highest BCUT2D eigenvalue weighted by molar-refractivity contribution is 5.88. The van der Waals surface area contributed by atoms with Crippen molar-refractivity contribution in [3.63, 3.8) is 0 Å². The zero-order valence-electron chi connectivity index (χ0n) is 17.6. The van der Waals surface area contributed by atoms with Crippen LogP contribution in [0.5, 0.6) is 0 Å². The summed E-state index contributed by atoms with van der Waals surface area (Å²) in [5.74, 6) is -0.106. The molecule has 0 bridgehead atoms. The number of hydrogen-bond donors (Lipinski definition) is 2. The highest BCUT2D eigenvalue weighted by Crippen LogP contribution is 2.36. The smallest absolute Gasteiger partial charge is 0.390 e. The number of aliphatic hydroxyl groups is 1. The molecule has 0 aliphatic rings. The average molecular weight is 510 g/mol. The third kappa shape index (κ3) is 5.17. The minimum atomic E-state index is -4.84. The molecule has 0 saturated heterocycles. The number of hydrogen-bond acceptors (Lipinski definition) is 10. The summed E-state index contributed by atoms with van der Waals surface area (Å²) in [7, 11) is 0. The summed E-state index contributed by atoms with van der Waals surface area (Å²) in [5, 5.41) is 14.8. The Bertz CT molecular complexity index is 1430. The molecular weight excluding hydrogens is 498 g/mol. The van der Waals surface area contributed by atoms with Gasteiger partial charge in [-0.15, -0.1) is 0 Å². The topological polar surface area (TPSA) is 139 Å². The molecule has 0 saturated carbocycles.